The third-order valence-corrected chi connectivity index (χ3v) is 7.38. The van der Waals surface area contributed by atoms with Crippen molar-refractivity contribution in [3.05, 3.63) is 59.9 Å². The highest BCUT2D eigenvalue weighted by molar-refractivity contribution is 5.91. The molecule has 1 fully saturated rings. The van der Waals surface area contributed by atoms with Crippen LogP contribution in [0.5, 0.6) is 5.88 Å². The highest BCUT2D eigenvalue weighted by Crippen LogP contribution is 2.32. The Bertz CT molecular complexity index is 1300. The van der Waals surface area contributed by atoms with Crippen LogP contribution in [0.4, 0.5) is 0 Å². The summed E-state index contributed by atoms with van der Waals surface area (Å²) in [6.45, 7) is 12.4. The molecule has 2 N–H and O–H groups in total. The highest BCUT2D eigenvalue weighted by Gasteiger charge is 2.43. The Balaban J connectivity index is 1.43. The molecule has 0 bridgehead atoms. The number of aryl methyl sites for hydroxylation is 1. The lowest BCUT2D eigenvalue weighted by molar-refractivity contribution is -0.141. The zero-order valence-corrected chi connectivity index (χ0v) is 24.6. The number of carbonyl (C=O) groups is 2. The van der Waals surface area contributed by atoms with Gasteiger partial charge in [0.25, 0.3) is 5.88 Å². The molecule has 1 unspecified atom stereocenters. The van der Waals surface area contributed by atoms with Crippen LogP contribution in [0.2, 0.25) is 0 Å². The van der Waals surface area contributed by atoms with E-state index < -0.39 is 18.1 Å². The van der Waals surface area contributed by atoms with E-state index in [1.807, 2.05) is 76.6 Å². The smallest absolute Gasteiger partial charge is 0.254 e. The molecule has 1 aliphatic rings. The summed E-state index contributed by atoms with van der Waals surface area (Å²) in [7, 11) is 0. The van der Waals surface area contributed by atoms with Gasteiger partial charge in [-0.2, -0.15) is 0 Å². The monoisotopic (exact) mass is 567 g/mol. The Morgan fingerprint density at radius 3 is 2.56 bits per heavy atom. The molecular formula is C30H41N5O6. The molecule has 11 heteroatoms. The minimum Gasteiger partial charge on any atom is -0.473 e. The molecule has 0 aliphatic carbocycles. The first kappa shape index (κ1) is 30.3. The number of aliphatic hydroxyl groups is 1. The van der Waals surface area contributed by atoms with Crippen LogP contribution in [0, 0.1) is 12.8 Å². The molecule has 3 aromatic rings. The zero-order chi connectivity index (χ0) is 29.7. The first-order valence-electron chi connectivity index (χ1n) is 14.2. The van der Waals surface area contributed by atoms with Gasteiger partial charge in [-0.15, -0.1) is 0 Å². The van der Waals surface area contributed by atoms with E-state index >= 15 is 0 Å². The van der Waals surface area contributed by atoms with Gasteiger partial charge < -0.3 is 33.9 Å². The summed E-state index contributed by atoms with van der Waals surface area (Å²) >= 11 is 0. The summed E-state index contributed by atoms with van der Waals surface area (Å²) < 4.78 is 18.6. The number of likely N-dealkylation sites (tertiary alicyclic amines) is 1. The van der Waals surface area contributed by atoms with Crippen molar-refractivity contribution in [2.75, 3.05) is 19.8 Å². The van der Waals surface area contributed by atoms with Gasteiger partial charge in [-0.1, -0.05) is 26.0 Å². The van der Waals surface area contributed by atoms with E-state index in [2.05, 4.69) is 15.5 Å². The van der Waals surface area contributed by atoms with Crippen molar-refractivity contribution in [3.63, 3.8) is 0 Å². The van der Waals surface area contributed by atoms with E-state index in [1.165, 1.54) is 4.90 Å². The maximum atomic E-state index is 13.8. The number of hydrogen-bond acceptors (Lipinski definition) is 8. The van der Waals surface area contributed by atoms with E-state index in [-0.39, 0.29) is 48.7 Å². The molecule has 222 valence electrons. The fraction of sp³-hybridized carbons (Fsp3) is 0.533. The van der Waals surface area contributed by atoms with Crippen molar-refractivity contribution < 1.29 is 28.7 Å². The van der Waals surface area contributed by atoms with Crippen LogP contribution in [-0.2, 0) is 14.3 Å². The molecule has 1 saturated heterocycles. The van der Waals surface area contributed by atoms with Crippen molar-refractivity contribution in [1.82, 2.24) is 24.9 Å². The Hall–Kier alpha value is -3.70. The van der Waals surface area contributed by atoms with Crippen LogP contribution in [0.25, 0.3) is 5.69 Å². The molecule has 2 amide bonds. The molecule has 11 nitrogen and oxygen atoms in total. The summed E-state index contributed by atoms with van der Waals surface area (Å²) in [4.78, 5) is 33.0. The van der Waals surface area contributed by atoms with Gasteiger partial charge in [0.05, 0.1) is 18.2 Å². The van der Waals surface area contributed by atoms with Gasteiger partial charge in [0, 0.05) is 43.7 Å². The van der Waals surface area contributed by atoms with Gasteiger partial charge in [-0.05, 0) is 56.5 Å². The quantitative estimate of drug-likeness (QED) is 0.340. The number of β-amino-alcohol motifs (C(OH)–C–C–N with tert-alkyl or cyclic N) is 1. The van der Waals surface area contributed by atoms with E-state index in [0.29, 0.717) is 19.0 Å². The molecule has 0 spiro atoms. The fourth-order valence-electron chi connectivity index (χ4n) is 5.21. The molecule has 3 heterocycles. The van der Waals surface area contributed by atoms with Crippen LogP contribution in [0.15, 0.2) is 47.2 Å². The minimum atomic E-state index is -0.806. The number of rotatable bonds is 12. The first-order valence-corrected chi connectivity index (χ1v) is 14.2. The SMILES string of the molecule is CCOC(C)COc1cc([C@@H](C(=O)N2C[C@H](O)C[C@H]2C(=O)N[C@@H](C)c2ccc(-n3ccnc3C)cc2)C(C)C)on1. The standard InChI is InChI=1S/C30H41N5O6/c1-7-39-19(4)17-40-27-15-26(41-33-27)28(18(2)3)30(38)35-16-24(36)14-25(35)29(37)32-20(5)22-8-10-23(11-9-22)34-13-12-31-21(34)6/h8-13,15,18-20,24-25,28,36H,7,14,16-17H2,1-6H3,(H,32,37)/t19?,20-,24+,25-,28-/m0/s1. The Morgan fingerprint density at radius 2 is 1.93 bits per heavy atom. The molecule has 0 radical (unpaired) electrons. The lowest BCUT2D eigenvalue weighted by Gasteiger charge is -2.29. The predicted octanol–water partition coefficient (Wildman–Crippen LogP) is 3.55. The first-order chi connectivity index (χ1) is 19.6. The fourth-order valence-corrected chi connectivity index (χ4v) is 5.21. The van der Waals surface area contributed by atoms with E-state index in [1.54, 1.807) is 12.3 Å². The number of aromatic nitrogens is 3. The van der Waals surface area contributed by atoms with E-state index in [9.17, 15) is 14.7 Å². The molecule has 5 atom stereocenters. The molecule has 0 saturated carbocycles. The third kappa shape index (κ3) is 7.15. The average molecular weight is 568 g/mol. The zero-order valence-electron chi connectivity index (χ0n) is 24.6. The summed E-state index contributed by atoms with van der Waals surface area (Å²) in [6, 6.07) is 8.37. The molecule has 2 aromatic heterocycles. The van der Waals surface area contributed by atoms with Crippen molar-refractivity contribution in [2.24, 2.45) is 5.92 Å². The second-order valence-corrected chi connectivity index (χ2v) is 10.9. The van der Waals surface area contributed by atoms with Crippen LogP contribution in [-0.4, -0.2) is 74.5 Å². The lowest BCUT2D eigenvalue weighted by Crippen LogP contribution is -2.48. The third-order valence-electron chi connectivity index (χ3n) is 7.38. The molecule has 41 heavy (non-hydrogen) atoms. The topological polar surface area (TPSA) is 132 Å². The van der Waals surface area contributed by atoms with Crippen molar-refractivity contribution in [2.45, 2.75) is 78.2 Å². The largest absolute Gasteiger partial charge is 0.473 e. The normalized spacial score (nSPS) is 19.3. The predicted molar refractivity (Wildman–Crippen MR) is 152 cm³/mol. The number of benzene rings is 1. The average Bonchev–Trinajstić information content (AvgIpc) is 3.67. The minimum absolute atomic E-state index is 0.0663. The van der Waals surface area contributed by atoms with Crippen molar-refractivity contribution >= 4 is 11.8 Å². The van der Waals surface area contributed by atoms with Gasteiger partial charge in [-0.3, -0.25) is 9.59 Å². The van der Waals surface area contributed by atoms with Crippen LogP contribution < -0.4 is 10.1 Å². The van der Waals surface area contributed by atoms with Gasteiger partial charge in [0.15, 0.2) is 5.76 Å². The Morgan fingerprint density at radius 1 is 1.20 bits per heavy atom. The number of amides is 2. The Kier molecular flexibility index (Phi) is 9.82. The number of carbonyl (C=O) groups excluding carboxylic acids is 2. The Labute approximate surface area is 240 Å². The van der Waals surface area contributed by atoms with Crippen LogP contribution in [0.1, 0.15) is 70.1 Å². The number of imidazole rings is 1. The number of aliphatic hydroxyl groups excluding tert-OH is 1. The summed E-state index contributed by atoms with van der Waals surface area (Å²) in [5.74, 6) is 0.0503. The second kappa shape index (κ2) is 13.3. The molecular weight excluding hydrogens is 526 g/mol. The van der Waals surface area contributed by atoms with Gasteiger partial charge in [-0.25, -0.2) is 4.98 Å². The number of nitrogens with zero attached hydrogens (tertiary/aromatic N) is 4. The number of nitrogens with one attached hydrogen (secondary N) is 1. The molecule has 1 aliphatic heterocycles. The second-order valence-electron chi connectivity index (χ2n) is 10.9. The molecule has 1 aromatic carbocycles. The lowest BCUT2D eigenvalue weighted by atomic mass is 9.91. The summed E-state index contributed by atoms with van der Waals surface area (Å²) in [5, 5.41) is 17.5. The van der Waals surface area contributed by atoms with Crippen molar-refractivity contribution in [3.8, 4) is 11.6 Å². The summed E-state index contributed by atoms with van der Waals surface area (Å²) in [5.41, 5.74) is 1.90. The maximum absolute atomic E-state index is 13.8. The van der Waals surface area contributed by atoms with Crippen LogP contribution in [0.3, 0.4) is 0 Å². The van der Waals surface area contributed by atoms with Gasteiger partial charge >= 0.3 is 0 Å². The molecule has 4 rings (SSSR count). The maximum Gasteiger partial charge on any atom is 0.254 e. The van der Waals surface area contributed by atoms with E-state index in [0.717, 1.165) is 17.1 Å². The number of hydrogen-bond donors (Lipinski definition) is 2. The summed E-state index contributed by atoms with van der Waals surface area (Å²) in [6.07, 6.45) is 2.89. The van der Waals surface area contributed by atoms with Crippen LogP contribution >= 0.6 is 0 Å². The highest BCUT2D eigenvalue weighted by atomic mass is 16.6. The van der Waals surface area contributed by atoms with E-state index in [4.69, 9.17) is 14.0 Å². The van der Waals surface area contributed by atoms with Gasteiger partial charge in [0.1, 0.15) is 24.4 Å². The van der Waals surface area contributed by atoms with Gasteiger partial charge in [0.2, 0.25) is 11.8 Å². The van der Waals surface area contributed by atoms with Crippen molar-refractivity contribution in [1.29, 1.82) is 0 Å². The number of ether oxygens (including phenoxy) is 2.